The summed E-state index contributed by atoms with van der Waals surface area (Å²) in [5.74, 6) is -0.735. The Morgan fingerprint density at radius 1 is 1.09 bits per heavy atom. The number of nitro benzene ring substituents is 1. The van der Waals surface area contributed by atoms with Gasteiger partial charge in [0.05, 0.1) is 33.0 Å². The summed E-state index contributed by atoms with van der Waals surface area (Å²) < 4.78 is 5.68. The number of nitro groups is 1. The molecule has 1 saturated carbocycles. The summed E-state index contributed by atoms with van der Waals surface area (Å²) in [5, 5.41) is 16.4. The number of hydrazone groups is 1. The van der Waals surface area contributed by atoms with Crippen molar-refractivity contribution in [2.24, 2.45) is 28.8 Å². The summed E-state index contributed by atoms with van der Waals surface area (Å²) in [6.45, 7) is 0.0322. The molecule has 168 valence electrons. The number of rotatable bonds is 6. The zero-order valence-electron chi connectivity index (χ0n) is 17.1. The van der Waals surface area contributed by atoms with Gasteiger partial charge in [0.15, 0.2) is 5.75 Å². The molecule has 0 spiro atoms. The highest BCUT2D eigenvalue weighted by Gasteiger charge is 2.59. The Kier molecular flexibility index (Phi) is 5.42. The molecule has 5 rings (SSSR count). The van der Waals surface area contributed by atoms with E-state index in [4.69, 9.17) is 27.9 Å². The molecule has 8 nitrogen and oxygen atoms in total. The number of hydrogen-bond acceptors (Lipinski definition) is 6. The van der Waals surface area contributed by atoms with Gasteiger partial charge >= 0.3 is 0 Å². The third-order valence-corrected chi connectivity index (χ3v) is 6.86. The van der Waals surface area contributed by atoms with E-state index >= 15 is 0 Å². The molecule has 1 heterocycles. The number of benzene rings is 2. The molecule has 0 unspecified atom stereocenters. The Balaban J connectivity index is 1.29. The highest BCUT2D eigenvalue weighted by molar-refractivity contribution is 6.37. The van der Waals surface area contributed by atoms with E-state index in [0.29, 0.717) is 11.1 Å². The van der Waals surface area contributed by atoms with Crippen molar-refractivity contribution in [2.75, 3.05) is 0 Å². The van der Waals surface area contributed by atoms with Crippen molar-refractivity contribution in [2.45, 2.75) is 13.0 Å². The molecule has 3 aliphatic rings. The molecule has 2 aliphatic carbocycles. The topological polar surface area (TPSA) is 102 Å². The van der Waals surface area contributed by atoms with Gasteiger partial charge in [-0.2, -0.15) is 10.1 Å². The second kappa shape index (κ2) is 8.28. The van der Waals surface area contributed by atoms with Crippen LogP contribution >= 0.6 is 23.2 Å². The van der Waals surface area contributed by atoms with Crippen molar-refractivity contribution in [3.8, 4) is 5.75 Å². The van der Waals surface area contributed by atoms with Crippen molar-refractivity contribution in [1.82, 2.24) is 5.01 Å². The van der Waals surface area contributed by atoms with Crippen molar-refractivity contribution in [3.05, 3.63) is 79.8 Å². The van der Waals surface area contributed by atoms with E-state index in [-0.39, 0.29) is 63.6 Å². The van der Waals surface area contributed by atoms with Crippen LogP contribution in [0.4, 0.5) is 5.69 Å². The zero-order chi connectivity index (χ0) is 23.3. The van der Waals surface area contributed by atoms with Crippen LogP contribution in [0.15, 0.2) is 53.7 Å². The molecule has 10 heteroatoms. The number of hydrogen-bond donors (Lipinski definition) is 0. The van der Waals surface area contributed by atoms with Crippen LogP contribution in [0.25, 0.3) is 0 Å². The van der Waals surface area contributed by atoms with Gasteiger partial charge in [-0.05, 0) is 41.5 Å². The van der Waals surface area contributed by atoms with Crippen LogP contribution in [0.2, 0.25) is 10.0 Å². The number of nitrogens with zero attached hydrogens (tertiary/aromatic N) is 3. The van der Waals surface area contributed by atoms with Crippen molar-refractivity contribution >= 4 is 46.9 Å². The van der Waals surface area contributed by atoms with Gasteiger partial charge < -0.3 is 4.74 Å². The molecular formula is C23H17Cl2N3O5. The lowest BCUT2D eigenvalue weighted by atomic mass is 9.85. The third kappa shape index (κ3) is 3.79. The predicted octanol–water partition coefficient (Wildman–Crippen LogP) is 4.62. The molecule has 0 N–H and O–H groups in total. The maximum absolute atomic E-state index is 12.7. The zero-order valence-corrected chi connectivity index (χ0v) is 18.6. The lowest BCUT2D eigenvalue weighted by Crippen LogP contribution is -2.28. The fraction of sp³-hybridized carbons (Fsp3) is 0.261. The van der Waals surface area contributed by atoms with Crippen molar-refractivity contribution < 1.29 is 19.2 Å². The normalized spacial score (nSPS) is 25.3. The van der Waals surface area contributed by atoms with Crippen LogP contribution in [0.3, 0.4) is 0 Å². The highest BCUT2D eigenvalue weighted by Crippen LogP contribution is 2.52. The fourth-order valence-electron chi connectivity index (χ4n) is 4.83. The number of non-ortho nitro benzene ring substituents is 1. The van der Waals surface area contributed by atoms with Crippen molar-refractivity contribution in [3.63, 3.8) is 0 Å². The SMILES string of the molecule is O=C1[C@@H]2[C@H](C(=O)N1N=Cc1cc(Cl)c(OCc3cccc([N+](=O)[O-])c3)c(Cl)c1)[C@H]1C=C[C@H]2C1. The summed E-state index contributed by atoms with van der Waals surface area (Å²) in [5.41, 5.74) is 1.03. The maximum atomic E-state index is 12.7. The minimum Gasteiger partial charge on any atom is -0.486 e. The van der Waals surface area contributed by atoms with Gasteiger partial charge in [-0.3, -0.25) is 19.7 Å². The van der Waals surface area contributed by atoms with Crippen LogP contribution in [0.1, 0.15) is 17.5 Å². The second-order valence-corrected chi connectivity index (χ2v) is 9.08. The Bertz CT molecular complexity index is 1190. The standard InChI is InChI=1S/C23H17Cl2N3O5/c24-17-7-13(8-18(25)21(17)33-11-12-2-1-3-16(6-12)28(31)32)10-26-27-22(29)19-14-4-5-15(9-14)20(19)23(27)30/h1-8,10,14-15,19-20H,9,11H2/t14-,15-,19-,20+/m0/s1. The first kappa shape index (κ1) is 21.6. The van der Waals surface area contributed by atoms with E-state index in [1.54, 1.807) is 24.3 Å². The quantitative estimate of drug-likeness (QED) is 0.195. The Morgan fingerprint density at radius 2 is 1.73 bits per heavy atom. The molecule has 33 heavy (non-hydrogen) atoms. The number of halogens is 2. The van der Waals surface area contributed by atoms with E-state index in [1.165, 1.54) is 18.3 Å². The summed E-state index contributed by atoms with van der Waals surface area (Å²) in [7, 11) is 0. The first-order valence-electron chi connectivity index (χ1n) is 10.3. The number of imide groups is 1. The van der Waals surface area contributed by atoms with Gasteiger partial charge in [0.25, 0.3) is 17.5 Å². The average molecular weight is 486 g/mol. The first-order chi connectivity index (χ1) is 15.8. The Labute approximate surface area is 198 Å². The van der Waals surface area contributed by atoms with Gasteiger partial charge in [-0.15, -0.1) is 0 Å². The van der Waals surface area contributed by atoms with Crippen LogP contribution in [-0.2, 0) is 16.2 Å². The number of allylic oxidation sites excluding steroid dienone is 2. The summed E-state index contributed by atoms with van der Waals surface area (Å²) >= 11 is 12.6. The number of amides is 2. The summed E-state index contributed by atoms with van der Waals surface area (Å²) in [6, 6.07) is 9.16. The number of carbonyl (C=O) groups is 2. The molecule has 1 saturated heterocycles. The van der Waals surface area contributed by atoms with Crippen LogP contribution < -0.4 is 4.74 Å². The molecule has 2 amide bonds. The van der Waals surface area contributed by atoms with Gasteiger partial charge in [-0.25, -0.2) is 0 Å². The lowest BCUT2D eigenvalue weighted by Gasteiger charge is -2.13. The number of fused-ring (bicyclic) bond motifs is 5. The minimum atomic E-state index is -0.484. The predicted molar refractivity (Wildman–Crippen MR) is 121 cm³/mol. The smallest absolute Gasteiger partial charge is 0.269 e. The Hall–Kier alpha value is -3.23. The Morgan fingerprint density at radius 3 is 2.33 bits per heavy atom. The average Bonchev–Trinajstić information content (AvgIpc) is 3.46. The minimum absolute atomic E-state index is 0.0322. The fourth-order valence-corrected chi connectivity index (χ4v) is 5.45. The highest BCUT2D eigenvalue weighted by atomic mass is 35.5. The van der Waals surface area contributed by atoms with Gasteiger partial charge in [-0.1, -0.05) is 47.5 Å². The molecule has 2 fully saturated rings. The van der Waals surface area contributed by atoms with E-state index in [0.717, 1.165) is 11.4 Å². The number of carbonyl (C=O) groups excluding carboxylic acids is 2. The maximum Gasteiger partial charge on any atom is 0.269 e. The first-order valence-corrected chi connectivity index (χ1v) is 11.0. The van der Waals surface area contributed by atoms with Gasteiger partial charge in [0, 0.05) is 12.1 Å². The second-order valence-electron chi connectivity index (χ2n) is 8.26. The van der Waals surface area contributed by atoms with Gasteiger partial charge in [0.1, 0.15) is 6.61 Å². The van der Waals surface area contributed by atoms with Crippen LogP contribution in [-0.4, -0.2) is 28.0 Å². The summed E-state index contributed by atoms with van der Waals surface area (Å²) in [6.07, 6.45) is 6.27. The van der Waals surface area contributed by atoms with Crippen LogP contribution in [0.5, 0.6) is 5.75 Å². The van der Waals surface area contributed by atoms with E-state index in [9.17, 15) is 19.7 Å². The molecule has 4 atom stereocenters. The largest absolute Gasteiger partial charge is 0.486 e. The monoisotopic (exact) mass is 485 g/mol. The third-order valence-electron chi connectivity index (χ3n) is 6.29. The molecular weight excluding hydrogens is 469 g/mol. The molecule has 0 aromatic heterocycles. The molecule has 2 aromatic rings. The molecule has 2 bridgehead atoms. The van der Waals surface area contributed by atoms with E-state index in [2.05, 4.69) is 5.10 Å². The van der Waals surface area contributed by atoms with Crippen molar-refractivity contribution in [1.29, 1.82) is 0 Å². The molecule has 1 aliphatic heterocycles. The lowest BCUT2D eigenvalue weighted by molar-refractivity contribution is -0.384. The molecule has 2 aromatic carbocycles. The summed E-state index contributed by atoms with van der Waals surface area (Å²) in [4.78, 5) is 35.9. The van der Waals surface area contributed by atoms with Crippen LogP contribution in [0, 0.1) is 33.8 Å². The van der Waals surface area contributed by atoms with Gasteiger partial charge in [0.2, 0.25) is 0 Å². The number of ether oxygens (including phenoxy) is 1. The van der Waals surface area contributed by atoms with E-state index in [1.807, 2.05) is 12.2 Å². The molecule has 0 radical (unpaired) electrons. The van der Waals surface area contributed by atoms with E-state index < -0.39 is 4.92 Å².